The number of anilines is 2. The summed E-state index contributed by atoms with van der Waals surface area (Å²) >= 11 is 0. The summed E-state index contributed by atoms with van der Waals surface area (Å²) in [6, 6.07) is 0.335. The van der Waals surface area contributed by atoms with E-state index >= 15 is 0 Å². The van der Waals surface area contributed by atoms with Crippen molar-refractivity contribution >= 4 is 11.9 Å². The first kappa shape index (κ1) is 13.3. The van der Waals surface area contributed by atoms with Crippen molar-refractivity contribution < 1.29 is 9.47 Å². The molecule has 0 spiro atoms. The fourth-order valence-electron chi connectivity index (χ4n) is 2.46. The Balaban J connectivity index is 1.76. The molecule has 0 bridgehead atoms. The molecule has 0 atom stereocenters. The van der Waals surface area contributed by atoms with Crippen LogP contribution in [0.25, 0.3) is 0 Å². The molecule has 0 radical (unpaired) electrons. The fraction of sp³-hybridized carbons (Fsp3) is 0.750. The van der Waals surface area contributed by atoms with Gasteiger partial charge in [0, 0.05) is 25.9 Å². The summed E-state index contributed by atoms with van der Waals surface area (Å²) in [6.07, 6.45) is 4.13. The smallest absolute Gasteiger partial charge is 0.323 e. The summed E-state index contributed by atoms with van der Waals surface area (Å²) in [5, 5.41) is 0. The van der Waals surface area contributed by atoms with Crippen molar-refractivity contribution in [2.45, 2.75) is 31.8 Å². The summed E-state index contributed by atoms with van der Waals surface area (Å²) in [4.78, 5) is 15.0. The zero-order valence-corrected chi connectivity index (χ0v) is 11.4. The molecule has 2 fully saturated rings. The van der Waals surface area contributed by atoms with Gasteiger partial charge in [-0.25, -0.2) is 5.84 Å². The number of hydrazine groups is 1. The zero-order valence-electron chi connectivity index (χ0n) is 11.4. The van der Waals surface area contributed by atoms with Gasteiger partial charge in [-0.15, -0.1) is 0 Å². The van der Waals surface area contributed by atoms with Crippen LogP contribution in [0, 0.1) is 0 Å². The SMILES string of the molecule is NNc1nc(OC2CCOCC2)nc(N2CCCC2)n1. The van der Waals surface area contributed by atoms with Crippen LogP contribution < -0.4 is 20.9 Å². The first-order chi connectivity index (χ1) is 9.85. The molecule has 20 heavy (non-hydrogen) atoms. The average Bonchev–Trinajstić information content (AvgIpc) is 3.02. The van der Waals surface area contributed by atoms with E-state index in [1.165, 1.54) is 0 Å². The molecule has 2 aliphatic rings. The highest BCUT2D eigenvalue weighted by molar-refractivity contribution is 5.38. The Kier molecular flexibility index (Phi) is 4.12. The van der Waals surface area contributed by atoms with Gasteiger partial charge >= 0.3 is 6.01 Å². The highest BCUT2D eigenvalue weighted by Gasteiger charge is 2.20. The molecule has 0 aromatic carbocycles. The quantitative estimate of drug-likeness (QED) is 0.601. The number of aromatic nitrogens is 3. The molecule has 2 aliphatic heterocycles. The van der Waals surface area contributed by atoms with E-state index < -0.39 is 0 Å². The predicted octanol–water partition coefficient (Wildman–Crippen LogP) is 0.315. The number of ether oxygens (including phenoxy) is 2. The second kappa shape index (κ2) is 6.19. The molecule has 0 amide bonds. The van der Waals surface area contributed by atoms with Crippen LogP contribution in [0.2, 0.25) is 0 Å². The van der Waals surface area contributed by atoms with Gasteiger partial charge in [0.05, 0.1) is 13.2 Å². The molecule has 3 heterocycles. The minimum Gasteiger partial charge on any atom is -0.460 e. The fourth-order valence-corrected chi connectivity index (χ4v) is 2.46. The molecular formula is C12H20N6O2. The third-order valence-corrected chi connectivity index (χ3v) is 3.56. The second-order valence-electron chi connectivity index (χ2n) is 5.01. The maximum Gasteiger partial charge on any atom is 0.323 e. The van der Waals surface area contributed by atoms with Crippen LogP contribution >= 0.6 is 0 Å². The number of hydrogen-bond acceptors (Lipinski definition) is 8. The first-order valence-corrected chi connectivity index (χ1v) is 7.07. The van der Waals surface area contributed by atoms with Gasteiger partial charge in [0.15, 0.2) is 0 Å². The van der Waals surface area contributed by atoms with Crippen molar-refractivity contribution in [3.63, 3.8) is 0 Å². The Morgan fingerprint density at radius 1 is 1.15 bits per heavy atom. The van der Waals surface area contributed by atoms with Crippen LogP contribution in [-0.2, 0) is 4.74 Å². The number of hydrogen-bond donors (Lipinski definition) is 2. The van der Waals surface area contributed by atoms with E-state index in [0.29, 0.717) is 17.9 Å². The minimum absolute atomic E-state index is 0.100. The summed E-state index contributed by atoms with van der Waals surface area (Å²) in [6.45, 7) is 3.36. The number of nitrogens with zero attached hydrogens (tertiary/aromatic N) is 4. The Bertz CT molecular complexity index is 446. The summed E-state index contributed by atoms with van der Waals surface area (Å²) in [5.74, 6) is 6.39. The van der Waals surface area contributed by atoms with Gasteiger partial charge in [0.1, 0.15) is 6.10 Å². The third kappa shape index (κ3) is 3.07. The van der Waals surface area contributed by atoms with E-state index in [-0.39, 0.29) is 6.10 Å². The summed E-state index contributed by atoms with van der Waals surface area (Å²) in [7, 11) is 0. The van der Waals surface area contributed by atoms with Gasteiger partial charge in [-0.3, -0.25) is 5.43 Å². The van der Waals surface area contributed by atoms with E-state index in [0.717, 1.165) is 52.0 Å². The number of nitrogens with two attached hydrogens (primary N) is 1. The summed E-state index contributed by atoms with van der Waals surface area (Å²) < 4.78 is 11.1. The minimum atomic E-state index is 0.100. The molecule has 1 aromatic heterocycles. The van der Waals surface area contributed by atoms with Crippen LogP contribution in [0.15, 0.2) is 0 Å². The Morgan fingerprint density at radius 3 is 2.60 bits per heavy atom. The topological polar surface area (TPSA) is 98.4 Å². The maximum atomic E-state index is 5.83. The van der Waals surface area contributed by atoms with Gasteiger partial charge in [0.25, 0.3) is 0 Å². The molecular weight excluding hydrogens is 260 g/mol. The van der Waals surface area contributed by atoms with Crippen LogP contribution in [0.5, 0.6) is 6.01 Å². The Labute approximate surface area is 117 Å². The molecule has 1 aromatic rings. The first-order valence-electron chi connectivity index (χ1n) is 7.07. The van der Waals surface area contributed by atoms with Gasteiger partial charge in [0.2, 0.25) is 11.9 Å². The molecule has 2 saturated heterocycles. The lowest BCUT2D eigenvalue weighted by atomic mass is 10.2. The van der Waals surface area contributed by atoms with Crippen LogP contribution in [0.3, 0.4) is 0 Å². The lowest BCUT2D eigenvalue weighted by Gasteiger charge is -2.23. The lowest BCUT2D eigenvalue weighted by molar-refractivity contribution is 0.0217. The van der Waals surface area contributed by atoms with E-state index in [4.69, 9.17) is 15.3 Å². The van der Waals surface area contributed by atoms with Crippen molar-refractivity contribution in [2.24, 2.45) is 5.84 Å². The molecule has 3 rings (SSSR count). The molecule has 3 N–H and O–H groups in total. The van der Waals surface area contributed by atoms with Gasteiger partial charge in [-0.2, -0.15) is 15.0 Å². The van der Waals surface area contributed by atoms with E-state index in [1.807, 2.05) is 0 Å². The highest BCUT2D eigenvalue weighted by Crippen LogP contribution is 2.21. The summed E-state index contributed by atoms with van der Waals surface area (Å²) in [5.41, 5.74) is 2.47. The predicted molar refractivity (Wildman–Crippen MR) is 73.6 cm³/mol. The molecule has 0 unspecified atom stereocenters. The second-order valence-corrected chi connectivity index (χ2v) is 5.01. The Morgan fingerprint density at radius 2 is 1.90 bits per heavy atom. The van der Waals surface area contributed by atoms with E-state index in [1.54, 1.807) is 0 Å². The molecule has 0 aliphatic carbocycles. The van der Waals surface area contributed by atoms with Crippen molar-refractivity contribution in [2.75, 3.05) is 36.6 Å². The van der Waals surface area contributed by atoms with Crippen LogP contribution in [0.1, 0.15) is 25.7 Å². The van der Waals surface area contributed by atoms with Crippen LogP contribution in [0.4, 0.5) is 11.9 Å². The lowest BCUT2D eigenvalue weighted by Crippen LogP contribution is -2.28. The van der Waals surface area contributed by atoms with Gasteiger partial charge in [-0.1, -0.05) is 0 Å². The van der Waals surface area contributed by atoms with E-state index in [2.05, 4.69) is 25.3 Å². The van der Waals surface area contributed by atoms with Gasteiger partial charge < -0.3 is 14.4 Å². The molecule has 110 valence electrons. The van der Waals surface area contributed by atoms with Crippen molar-refractivity contribution in [1.29, 1.82) is 0 Å². The number of nitrogen functional groups attached to an aromatic ring is 1. The normalized spacial score (nSPS) is 20.1. The monoisotopic (exact) mass is 280 g/mol. The standard InChI is InChI=1S/C12H20N6O2/c13-17-10-14-11(18-5-1-2-6-18)16-12(15-10)20-9-3-7-19-8-4-9/h9H,1-8,13H2,(H,14,15,16,17). The number of nitrogens with one attached hydrogen (secondary N) is 1. The van der Waals surface area contributed by atoms with Crippen molar-refractivity contribution in [3.8, 4) is 6.01 Å². The molecule has 8 heteroatoms. The highest BCUT2D eigenvalue weighted by atomic mass is 16.5. The largest absolute Gasteiger partial charge is 0.460 e. The maximum absolute atomic E-state index is 5.83. The number of rotatable bonds is 4. The van der Waals surface area contributed by atoms with Crippen molar-refractivity contribution in [3.05, 3.63) is 0 Å². The van der Waals surface area contributed by atoms with Gasteiger partial charge in [-0.05, 0) is 12.8 Å². The zero-order chi connectivity index (χ0) is 13.8. The Hall–Kier alpha value is -1.67. The average molecular weight is 280 g/mol. The van der Waals surface area contributed by atoms with Crippen LogP contribution in [-0.4, -0.2) is 47.4 Å². The van der Waals surface area contributed by atoms with Crippen molar-refractivity contribution in [1.82, 2.24) is 15.0 Å². The third-order valence-electron chi connectivity index (χ3n) is 3.56. The van der Waals surface area contributed by atoms with E-state index in [9.17, 15) is 0 Å². The molecule has 8 nitrogen and oxygen atoms in total. The molecule has 0 saturated carbocycles.